The molecule has 2 rings (SSSR count). The SMILES string of the molecule is CN(c1ncnc(N)c1[N+](=O)[O-])C1CCCC1. The van der Waals surface area contributed by atoms with Crippen molar-refractivity contribution in [2.75, 3.05) is 17.7 Å². The molecule has 2 N–H and O–H groups in total. The van der Waals surface area contributed by atoms with Gasteiger partial charge in [-0.05, 0) is 12.8 Å². The van der Waals surface area contributed by atoms with E-state index in [1.54, 1.807) is 0 Å². The third kappa shape index (κ3) is 2.13. The zero-order valence-electron chi connectivity index (χ0n) is 9.67. The van der Waals surface area contributed by atoms with Crippen LogP contribution in [0.25, 0.3) is 0 Å². The lowest BCUT2D eigenvalue weighted by Crippen LogP contribution is -2.30. The van der Waals surface area contributed by atoms with E-state index in [-0.39, 0.29) is 11.5 Å². The predicted molar refractivity (Wildman–Crippen MR) is 63.8 cm³/mol. The summed E-state index contributed by atoms with van der Waals surface area (Å²) in [4.78, 5) is 20.0. The summed E-state index contributed by atoms with van der Waals surface area (Å²) in [6, 6.07) is 0.308. The van der Waals surface area contributed by atoms with Gasteiger partial charge in [-0.1, -0.05) is 12.8 Å². The maximum Gasteiger partial charge on any atom is 0.353 e. The Kier molecular flexibility index (Phi) is 3.08. The van der Waals surface area contributed by atoms with Crippen molar-refractivity contribution in [1.29, 1.82) is 0 Å². The van der Waals surface area contributed by atoms with Gasteiger partial charge in [-0.15, -0.1) is 0 Å². The van der Waals surface area contributed by atoms with Gasteiger partial charge in [0.05, 0.1) is 4.92 Å². The quantitative estimate of drug-likeness (QED) is 0.629. The summed E-state index contributed by atoms with van der Waals surface area (Å²) in [5, 5.41) is 11.0. The van der Waals surface area contributed by atoms with Crippen LogP contribution in [0.5, 0.6) is 0 Å². The van der Waals surface area contributed by atoms with Crippen LogP contribution in [0.15, 0.2) is 6.33 Å². The molecule has 0 bridgehead atoms. The Hall–Kier alpha value is -1.92. The highest BCUT2D eigenvalue weighted by Crippen LogP contribution is 2.33. The monoisotopic (exact) mass is 237 g/mol. The first-order valence-corrected chi connectivity index (χ1v) is 5.59. The van der Waals surface area contributed by atoms with Crippen LogP contribution >= 0.6 is 0 Å². The lowest BCUT2D eigenvalue weighted by atomic mass is 10.2. The van der Waals surface area contributed by atoms with Gasteiger partial charge >= 0.3 is 5.69 Å². The van der Waals surface area contributed by atoms with E-state index >= 15 is 0 Å². The van der Waals surface area contributed by atoms with Gasteiger partial charge in [0.2, 0.25) is 11.6 Å². The van der Waals surface area contributed by atoms with Crippen LogP contribution in [-0.4, -0.2) is 28.0 Å². The van der Waals surface area contributed by atoms with E-state index in [1.807, 2.05) is 11.9 Å². The summed E-state index contributed by atoms with van der Waals surface area (Å²) in [5.41, 5.74) is 5.35. The van der Waals surface area contributed by atoms with Crippen LogP contribution in [0, 0.1) is 10.1 Å². The molecule has 7 heteroatoms. The second-order valence-electron chi connectivity index (χ2n) is 4.24. The molecule has 0 amide bonds. The van der Waals surface area contributed by atoms with Gasteiger partial charge in [0.1, 0.15) is 6.33 Å². The molecule has 0 spiro atoms. The predicted octanol–water partition coefficient (Wildman–Crippen LogP) is 1.35. The molecular weight excluding hydrogens is 222 g/mol. The zero-order chi connectivity index (χ0) is 12.4. The average molecular weight is 237 g/mol. The molecule has 0 saturated heterocycles. The highest BCUT2D eigenvalue weighted by Gasteiger charge is 2.28. The zero-order valence-corrected chi connectivity index (χ0v) is 9.67. The highest BCUT2D eigenvalue weighted by atomic mass is 16.6. The maximum atomic E-state index is 11.0. The molecule has 7 nitrogen and oxygen atoms in total. The Morgan fingerprint density at radius 2 is 2.12 bits per heavy atom. The molecule has 1 aliphatic rings. The highest BCUT2D eigenvalue weighted by molar-refractivity contribution is 5.68. The number of hydrogen-bond acceptors (Lipinski definition) is 6. The number of anilines is 2. The van der Waals surface area contributed by atoms with Gasteiger partial charge in [0, 0.05) is 13.1 Å². The van der Waals surface area contributed by atoms with Gasteiger partial charge in [0.15, 0.2) is 0 Å². The Morgan fingerprint density at radius 1 is 1.47 bits per heavy atom. The normalized spacial score (nSPS) is 16.1. The number of nitro groups is 1. The van der Waals surface area contributed by atoms with Gasteiger partial charge < -0.3 is 10.6 Å². The van der Waals surface area contributed by atoms with Crippen molar-refractivity contribution in [3.8, 4) is 0 Å². The molecular formula is C10H15N5O2. The van der Waals surface area contributed by atoms with Crippen LogP contribution in [0.2, 0.25) is 0 Å². The molecule has 1 saturated carbocycles. The summed E-state index contributed by atoms with van der Waals surface area (Å²) in [7, 11) is 1.82. The van der Waals surface area contributed by atoms with Crippen LogP contribution in [0.3, 0.4) is 0 Å². The fraction of sp³-hybridized carbons (Fsp3) is 0.600. The van der Waals surface area contributed by atoms with Crippen molar-refractivity contribution < 1.29 is 4.92 Å². The molecule has 0 aliphatic heterocycles. The van der Waals surface area contributed by atoms with Gasteiger partial charge in [-0.25, -0.2) is 9.97 Å². The molecule has 1 heterocycles. The van der Waals surface area contributed by atoms with Crippen LogP contribution in [0.1, 0.15) is 25.7 Å². The van der Waals surface area contributed by atoms with E-state index in [4.69, 9.17) is 5.73 Å². The summed E-state index contributed by atoms with van der Waals surface area (Å²) in [6.07, 6.45) is 5.66. The minimum Gasteiger partial charge on any atom is -0.378 e. The smallest absolute Gasteiger partial charge is 0.353 e. The van der Waals surface area contributed by atoms with Gasteiger partial charge in [-0.3, -0.25) is 10.1 Å². The number of nitrogen functional groups attached to an aromatic ring is 1. The van der Waals surface area contributed by atoms with Crippen molar-refractivity contribution in [1.82, 2.24) is 9.97 Å². The summed E-state index contributed by atoms with van der Waals surface area (Å²) >= 11 is 0. The first-order chi connectivity index (χ1) is 8.11. The first kappa shape index (κ1) is 11.6. The first-order valence-electron chi connectivity index (χ1n) is 5.59. The standard InChI is InChI=1S/C10H15N5O2/c1-14(7-4-2-3-5-7)10-8(15(16)17)9(11)12-6-13-10/h6-7H,2-5H2,1H3,(H2,11,12,13). The molecule has 0 atom stereocenters. The van der Waals surface area contributed by atoms with Gasteiger partial charge in [-0.2, -0.15) is 0 Å². The molecule has 0 unspecified atom stereocenters. The van der Waals surface area contributed by atoms with Crippen LogP contribution in [0.4, 0.5) is 17.3 Å². The molecule has 0 aromatic carbocycles. The van der Waals surface area contributed by atoms with Crippen molar-refractivity contribution >= 4 is 17.3 Å². The van der Waals surface area contributed by atoms with E-state index in [1.165, 1.54) is 6.33 Å². The lowest BCUT2D eigenvalue weighted by molar-refractivity contribution is -0.383. The number of rotatable bonds is 3. The topological polar surface area (TPSA) is 98.2 Å². The molecule has 17 heavy (non-hydrogen) atoms. The minimum absolute atomic E-state index is 0.0788. The Balaban J connectivity index is 2.36. The Bertz CT molecular complexity index is 431. The molecule has 0 radical (unpaired) electrons. The van der Waals surface area contributed by atoms with E-state index in [0.29, 0.717) is 11.9 Å². The number of aromatic nitrogens is 2. The fourth-order valence-corrected chi connectivity index (χ4v) is 2.28. The second kappa shape index (κ2) is 4.52. The van der Waals surface area contributed by atoms with Crippen LogP contribution < -0.4 is 10.6 Å². The van der Waals surface area contributed by atoms with Crippen molar-refractivity contribution in [3.05, 3.63) is 16.4 Å². The average Bonchev–Trinajstić information content (AvgIpc) is 2.80. The molecule has 1 aliphatic carbocycles. The number of nitrogens with zero attached hydrogens (tertiary/aromatic N) is 4. The van der Waals surface area contributed by atoms with E-state index in [2.05, 4.69) is 9.97 Å². The van der Waals surface area contributed by atoms with Crippen molar-refractivity contribution in [2.24, 2.45) is 0 Å². The molecule has 1 fully saturated rings. The summed E-state index contributed by atoms with van der Waals surface area (Å²) < 4.78 is 0. The number of hydrogen-bond donors (Lipinski definition) is 1. The fourth-order valence-electron chi connectivity index (χ4n) is 2.28. The van der Waals surface area contributed by atoms with E-state index < -0.39 is 4.92 Å². The Labute approximate surface area is 98.8 Å². The number of nitrogens with two attached hydrogens (primary N) is 1. The van der Waals surface area contributed by atoms with Crippen molar-refractivity contribution in [3.63, 3.8) is 0 Å². The van der Waals surface area contributed by atoms with Gasteiger partial charge in [0.25, 0.3) is 0 Å². The van der Waals surface area contributed by atoms with E-state index in [9.17, 15) is 10.1 Å². The summed E-state index contributed by atoms with van der Waals surface area (Å²) in [6.45, 7) is 0. The largest absolute Gasteiger partial charge is 0.378 e. The molecule has 1 aromatic heterocycles. The maximum absolute atomic E-state index is 11.0. The Morgan fingerprint density at radius 3 is 2.71 bits per heavy atom. The minimum atomic E-state index is -0.518. The second-order valence-corrected chi connectivity index (χ2v) is 4.24. The third-order valence-corrected chi connectivity index (χ3v) is 3.22. The van der Waals surface area contributed by atoms with Crippen molar-refractivity contribution in [2.45, 2.75) is 31.7 Å². The lowest BCUT2D eigenvalue weighted by Gasteiger charge is -2.24. The molecule has 1 aromatic rings. The van der Waals surface area contributed by atoms with E-state index in [0.717, 1.165) is 25.7 Å². The third-order valence-electron chi connectivity index (χ3n) is 3.22. The molecule has 92 valence electrons. The van der Waals surface area contributed by atoms with Crippen LogP contribution in [-0.2, 0) is 0 Å². The summed E-state index contributed by atoms with van der Waals surface area (Å²) in [5.74, 6) is 0.235.